The van der Waals surface area contributed by atoms with E-state index in [0.29, 0.717) is 17.5 Å². The number of fused-ring (bicyclic) bond motifs is 4. The normalized spacial score (nSPS) is 19.0. The molecule has 1 aliphatic carbocycles. The highest BCUT2D eigenvalue weighted by atomic mass is 31.2. The number of phosphoric acid groups is 1. The van der Waals surface area contributed by atoms with Crippen molar-refractivity contribution >= 4 is 25.7 Å². The van der Waals surface area contributed by atoms with Crippen LogP contribution in [0.4, 0.5) is 4.79 Å². The van der Waals surface area contributed by atoms with Crippen LogP contribution in [0.3, 0.4) is 0 Å². The average molecular weight is 608 g/mol. The summed E-state index contributed by atoms with van der Waals surface area (Å²) in [6, 6.07) is 18.6. The molecule has 0 spiro atoms. The Morgan fingerprint density at radius 3 is 2.33 bits per heavy atom. The number of hydrogen-bond acceptors (Lipinski definition) is 7. The number of carbonyl (C=O) groups is 3. The third-order valence-corrected chi connectivity index (χ3v) is 8.81. The standard InChI is InChI=1S/C31H34N3O8P/c1-3-18(2)28(29(32)35)34-30(36)26(15-19-12-13-27-20(14-19)16-41-43(38,39)42-27)33-31(37)40-17-25-23-10-6-4-8-21(23)22-9-5-7-11-24(22)25/h4-14,18,25-26,28H,3,15-17H2,1-2H3,(H2,32,35)(H,33,37)(H,34,36)(H,38,39)/t18-,26-,28-/m0/s1. The Labute approximate surface area is 249 Å². The maximum atomic E-state index is 13.5. The smallest absolute Gasteiger partial charge is 0.449 e. The Kier molecular flexibility index (Phi) is 8.87. The number of ether oxygens (including phenoxy) is 1. The van der Waals surface area contributed by atoms with E-state index in [4.69, 9.17) is 19.5 Å². The van der Waals surface area contributed by atoms with E-state index in [0.717, 1.165) is 22.3 Å². The summed E-state index contributed by atoms with van der Waals surface area (Å²) in [5, 5.41) is 5.35. The van der Waals surface area contributed by atoms with Crippen molar-refractivity contribution in [2.75, 3.05) is 6.61 Å². The predicted octanol–water partition coefficient (Wildman–Crippen LogP) is 4.16. The first-order valence-corrected chi connectivity index (χ1v) is 15.6. The molecule has 226 valence electrons. The zero-order valence-corrected chi connectivity index (χ0v) is 24.7. The fraction of sp³-hybridized carbons (Fsp3) is 0.323. The van der Waals surface area contributed by atoms with Crippen LogP contribution in [0.25, 0.3) is 11.1 Å². The quantitative estimate of drug-likeness (QED) is 0.249. The van der Waals surface area contributed by atoms with Gasteiger partial charge in [0.1, 0.15) is 24.4 Å². The lowest BCUT2D eigenvalue weighted by molar-refractivity contribution is -0.129. The topological polar surface area (TPSA) is 166 Å². The van der Waals surface area contributed by atoms with Gasteiger partial charge >= 0.3 is 13.9 Å². The largest absolute Gasteiger partial charge is 0.527 e. The van der Waals surface area contributed by atoms with Crippen molar-refractivity contribution in [2.45, 2.75) is 51.3 Å². The fourth-order valence-corrected chi connectivity index (χ4v) is 6.26. The van der Waals surface area contributed by atoms with Crippen molar-refractivity contribution in [3.63, 3.8) is 0 Å². The van der Waals surface area contributed by atoms with E-state index in [2.05, 4.69) is 10.6 Å². The molecule has 1 heterocycles. The number of phosphoric ester groups is 1. The maximum Gasteiger partial charge on any atom is 0.527 e. The van der Waals surface area contributed by atoms with Crippen LogP contribution >= 0.6 is 7.82 Å². The van der Waals surface area contributed by atoms with Crippen molar-refractivity contribution in [1.82, 2.24) is 10.6 Å². The van der Waals surface area contributed by atoms with E-state index < -0.39 is 37.8 Å². The Morgan fingerprint density at radius 2 is 1.70 bits per heavy atom. The van der Waals surface area contributed by atoms with Crippen LogP contribution < -0.4 is 20.9 Å². The molecule has 12 heteroatoms. The Hall–Kier alpha value is -4.18. The van der Waals surface area contributed by atoms with Crippen molar-refractivity contribution in [1.29, 1.82) is 0 Å². The molecular weight excluding hydrogens is 573 g/mol. The van der Waals surface area contributed by atoms with Gasteiger partial charge in [-0.2, -0.15) is 0 Å². The molecule has 3 aromatic carbocycles. The number of nitrogens with one attached hydrogen (secondary N) is 2. The Bertz CT molecular complexity index is 1550. The van der Waals surface area contributed by atoms with Gasteiger partial charge in [0, 0.05) is 17.9 Å². The van der Waals surface area contributed by atoms with Crippen LogP contribution in [-0.4, -0.2) is 41.5 Å². The number of amides is 3. The second kappa shape index (κ2) is 12.6. The van der Waals surface area contributed by atoms with E-state index in [-0.39, 0.29) is 37.2 Å². The van der Waals surface area contributed by atoms with Gasteiger partial charge in [0.25, 0.3) is 0 Å². The molecule has 4 atom stereocenters. The number of nitrogens with two attached hydrogens (primary N) is 1. The van der Waals surface area contributed by atoms with Crippen LogP contribution in [-0.2, 0) is 36.4 Å². The highest BCUT2D eigenvalue weighted by Crippen LogP contribution is 2.50. The molecule has 0 bridgehead atoms. The van der Waals surface area contributed by atoms with E-state index in [1.165, 1.54) is 6.07 Å². The molecule has 1 aliphatic heterocycles. The minimum absolute atomic E-state index is 0.0199. The molecule has 2 aliphatic rings. The summed E-state index contributed by atoms with van der Waals surface area (Å²) in [5.41, 5.74) is 11.0. The van der Waals surface area contributed by atoms with Gasteiger partial charge in [-0.25, -0.2) is 9.36 Å². The van der Waals surface area contributed by atoms with Gasteiger partial charge in [-0.1, -0.05) is 74.9 Å². The highest BCUT2D eigenvalue weighted by molar-refractivity contribution is 7.47. The van der Waals surface area contributed by atoms with Gasteiger partial charge in [0.05, 0.1) is 6.61 Å². The van der Waals surface area contributed by atoms with Crippen LogP contribution in [0.1, 0.15) is 48.4 Å². The van der Waals surface area contributed by atoms with Crippen molar-refractivity contribution < 1.29 is 37.6 Å². The monoisotopic (exact) mass is 607 g/mol. The minimum atomic E-state index is -4.17. The summed E-state index contributed by atoms with van der Waals surface area (Å²) in [5.74, 6) is -1.50. The number of alkyl carbamates (subject to hydrolysis) is 1. The Balaban J connectivity index is 1.33. The molecule has 0 saturated heterocycles. The maximum absolute atomic E-state index is 13.5. The van der Waals surface area contributed by atoms with Gasteiger partial charge in [-0.05, 0) is 45.9 Å². The SMILES string of the molecule is CC[C@H](C)[C@H](NC(=O)[C@H](Cc1ccc2c(c1)COP(=O)(O)O2)NC(=O)OCC1c2ccccc2-c2ccccc21)C(N)=O. The number of primary amides is 1. The zero-order valence-electron chi connectivity index (χ0n) is 23.8. The van der Waals surface area contributed by atoms with Crippen molar-refractivity contribution in [2.24, 2.45) is 11.7 Å². The molecule has 0 aromatic heterocycles. The van der Waals surface area contributed by atoms with Crippen LogP contribution in [0.15, 0.2) is 66.7 Å². The van der Waals surface area contributed by atoms with Gasteiger partial charge in [-0.3, -0.25) is 19.0 Å². The molecule has 3 aromatic rings. The molecular formula is C31H34N3O8P. The van der Waals surface area contributed by atoms with Gasteiger partial charge < -0.3 is 25.6 Å². The summed E-state index contributed by atoms with van der Waals surface area (Å²) in [7, 11) is -4.17. The van der Waals surface area contributed by atoms with Crippen LogP contribution in [0.2, 0.25) is 0 Å². The van der Waals surface area contributed by atoms with Gasteiger partial charge in [0.2, 0.25) is 11.8 Å². The molecule has 43 heavy (non-hydrogen) atoms. The van der Waals surface area contributed by atoms with Crippen molar-refractivity contribution in [3.05, 3.63) is 89.0 Å². The third-order valence-electron chi connectivity index (χ3n) is 7.93. The number of carbonyl (C=O) groups excluding carboxylic acids is 3. The van der Waals surface area contributed by atoms with Gasteiger partial charge in [-0.15, -0.1) is 0 Å². The third kappa shape index (κ3) is 6.74. The minimum Gasteiger partial charge on any atom is -0.449 e. The number of benzene rings is 3. The lowest BCUT2D eigenvalue weighted by atomic mass is 9.97. The molecule has 0 saturated carbocycles. The lowest BCUT2D eigenvalue weighted by Crippen LogP contribution is -2.55. The molecule has 5 rings (SSSR count). The molecule has 3 amide bonds. The molecule has 0 fully saturated rings. The summed E-state index contributed by atoms with van der Waals surface area (Å²) in [4.78, 5) is 48.3. The summed E-state index contributed by atoms with van der Waals surface area (Å²) < 4.78 is 27.3. The first kappa shape index (κ1) is 30.3. The fourth-order valence-electron chi connectivity index (χ4n) is 5.47. The van der Waals surface area contributed by atoms with Crippen LogP contribution in [0, 0.1) is 5.92 Å². The number of hydrogen-bond donors (Lipinski definition) is 4. The first-order valence-electron chi connectivity index (χ1n) is 14.1. The second-order valence-corrected chi connectivity index (χ2v) is 12.2. The average Bonchev–Trinajstić information content (AvgIpc) is 3.31. The first-order chi connectivity index (χ1) is 20.6. The highest BCUT2D eigenvalue weighted by Gasteiger charge is 2.33. The lowest BCUT2D eigenvalue weighted by Gasteiger charge is -2.26. The van der Waals surface area contributed by atoms with Crippen LogP contribution in [0.5, 0.6) is 5.75 Å². The molecule has 1 unspecified atom stereocenters. The second-order valence-electron chi connectivity index (χ2n) is 10.8. The Morgan fingerprint density at radius 1 is 1.05 bits per heavy atom. The molecule has 5 N–H and O–H groups in total. The van der Waals surface area contributed by atoms with Gasteiger partial charge in [0.15, 0.2) is 0 Å². The van der Waals surface area contributed by atoms with Crippen molar-refractivity contribution in [3.8, 4) is 16.9 Å². The summed E-state index contributed by atoms with van der Waals surface area (Å²) >= 11 is 0. The van der Waals surface area contributed by atoms with E-state index >= 15 is 0 Å². The molecule has 11 nitrogen and oxygen atoms in total. The zero-order chi connectivity index (χ0) is 30.7. The summed E-state index contributed by atoms with van der Waals surface area (Å²) in [6.45, 7) is 3.57. The predicted molar refractivity (Wildman–Crippen MR) is 158 cm³/mol. The van der Waals surface area contributed by atoms with E-state index in [1.54, 1.807) is 19.1 Å². The molecule has 0 radical (unpaired) electrons. The van der Waals surface area contributed by atoms with E-state index in [1.807, 2.05) is 55.5 Å². The number of rotatable bonds is 10. The summed E-state index contributed by atoms with van der Waals surface area (Å²) in [6.07, 6.45) is -0.184. The van der Waals surface area contributed by atoms with E-state index in [9.17, 15) is 23.8 Å².